The van der Waals surface area contributed by atoms with E-state index in [4.69, 9.17) is 9.47 Å². The fourth-order valence-corrected chi connectivity index (χ4v) is 1.19. The Morgan fingerprint density at radius 1 is 1.31 bits per heavy atom. The summed E-state index contributed by atoms with van der Waals surface area (Å²) in [6.07, 6.45) is 2.68. The number of nitrogens with one attached hydrogen (secondary N) is 1. The Morgan fingerprint density at radius 3 is 2.94 bits per heavy atom. The van der Waals surface area contributed by atoms with Crippen molar-refractivity contribution >= 4 is 5.82 Å². The van der Waals surface area contributed by atoms with E-state index in [1.165, 1.54) is 0 Å². The van der Waals surface area contributed by atoms with Crippen molar-refractivity contribution in [2.75, 3.05) is 38.8 Å². The van der Waals surface area contributed by atoms with Gasteiger partial charge in [0.1, 0.15) is 5.82 Å². The Morgan fingerprint density at radius 2 is 2.19 bits per heavy atom. The molecule has 0 saturated carbocycles. The van der Waals surface area contributed by atoms with E-state index >= 15 is 0 Å². The van der Waals surface area contributed by atoms with Crippen molar-refractivity contribution in [1.82, 2.24) is 10.2 Å². The van der Waals surface area contributed by atoms with E-state index in [0.29, 0.717) is 13.2 Å². The van der Waals surface area contributed by atoms with Crippen molar-refractivity contribution in [2.24, 2.45) is 0 Å². The summed E-state index contributed by atoms with van der Waals surface area (Å²) in [4.78, 5) is 0. The number of ether oxygens (including phenoxy) is 2. The Kier molecular flexibility index (Phi) is 6.44. The average Bonchev–Trinajstić information content (AvgIpc) is 2.28. The number of aryl methyl sites for hydroxylation is 1. The first-order chi connectivity index (χ1) is 7.83. The van der Waals surface area contributed by atoms with Crippen molar-refractivity contribution in [3.05, 3.63) is 17.8 Å². The molecular formula is C11H19N3O2. The fourth-order valence-electron chi connectivity index (χ4n) is 1.19. The molecule has 1 rings (SSSR count). The molecule has 0 fully saturated rings. The molecule has 0 spiro atoms. The van der Waals surface area contributed by atoms with Gasteiger partial charge in [-0.15, -0.1) is 5.10 Å². The summed E-state index contributed by atoms with van der Waals surface area (Å²) < 4.78 is 10.2. The van der Waals surface area contributed by atoms with Crippen LogP contribution in [0, 0.1) is 6.92 Å². The van der Waals surface area contributed by atoms with Crippen molar-refractivity contribution in [2.45, 2.75) is 13.3 Å². The first kappa shape index (κ1) is 12.9. The third-order valence-electron chi connectivity index (χ3n) is 1.99. The first-order valence-electron chi connectivity index (χ1n) is 5.43. The van der Waals surface area contributed by atoms with E-state index in [0.717, 1.165) is 31.0 Å². The van der Waals surface area contributed by atoms with Gasteiger partial charge in [-0.05, 0) is 25.0 Å². The molecule has 1 aromatic heterocycles. The van der Waals surface area contributed by atoms with Crippen molar-refractivity contribution < 1.29 is 9.47 Å². The molecule has 0 unspecified atom stereocenters. The van der Waals surface area contributed by atoms with Gasteiger partial charge >= 0.3 is 0 Å². The lowest BCUT2D eigenvalue weighted by atomic mass is 10.3. The summed E-state index contributed by atoms with van der Waals surface area (Å²) in [5.74, 6) is 0.817. The van der Waals surface area contributed by atoms with Crippen LogP contribution < -0.4 is 5.32 Å². The van der Waals surface area contributed by atoms with E-state index in [2.05, 4.69) is 15.5 Å². The van der Waals surface area contributed by atoms with E-state index in [-0.39, 0.29) is 0 Å². The van der Waals surface area contributed by atoms with Gasteiger partial charge in [0.25, 0.3) is 0 Å². The van der Waals surface area contributed by atoms with Gasteiger partial charge in [-0.3, -0.25) is 0 Å². The summed E-state index contributed by atoms with van der Waals surface area (Å²) in [6, 6.07) is 1.97. The second-order valence-corrected chi connectivity index (χ2v) is 3.50. The minimum atomic E-state index is 0.650. The van der Waals surface area contributed by atoms with Crippen LogP contribution in [0.25, 0.3) is 0 Å². The summed E-state index contributed by atoms with van der Waals surface area (Å²) in [5, 5.41) is 11.0. The molecule has 0 radical (unpaired) electrons. The van der Waals surface area contributed by atoms with Gasteiger partial charge in [0.05, 0.1) is 19.4 Å². The van der Waals surface area contributed by atoms with Crippen LogP contribution in [-0.4, -0.2) is 43.7 Å². The van der Waals surface area contributed by atoms with Crippen LogP contribution in [0.15, 0.2) is 12.3 Å². The molecular weight excluding hydrogens is 206 g/mol. The van der Waals surface area contributed by atoms with Crippen LogP contribution in [0.1, 0.15) is 12.0 Å². The number of methoxy groups -OCH3 is 1. The van der Waals surface area contributed by atoms with Gasteiger partial charge in [-0.2, -0.15) is 5.10 Å². The van der Waals surface area contributed by atoms with Gasteiger partial charge in [-0.25, -0.2) is 0 Å². The summed E-state index contributed by atoms with van der Waals surface area (Å²) in [7, 11) is 1.67. The first-order valence-corrected chi connectivity index (χ1v) is 5.43. The number of hydrogen-bond donors (Lipinski definition) is 1. The molecule has 1 aromatic rings. The molecule has 0 saturated heterocycles. The monoisotopic (exact) mass is 225 g/mol. The van der Waals surface area contributed by atoms with Crippen molar-refractivity contribution in [1.29, 1.82) is 0 Å². The standard InChI is InChI=1S/C11H19N3O2/c1-10-8-11(14-13-9-10)12-4-3-5-16-7-6-15-2/h8-9H,3-7H2,1-2H3,(H,12,14). The fraction of sp³-hybridized carbons (Fsp3) is 0.636. The minimum absolute atomic E-state index is 0.650. The zero-order valence-corrected chi connectivity index (χ0v) is 9.90. The Labute approximate surface area is 96.2 Å². The number of hydrogen-bond acceptors (Lipinski definition) is 5. The lowest BCUT2D eigenvalue weighted by molar-refractivity contribution is 0.0705. The normalized spacial score (nSPS) is 10.4. The zero-order chi connectivity index (χ0) is 11.6. The van der Waals surface area contributed by atoms with Crippen LogP contribution in [0.3, 0.4) is 0 Å². The predicted molar refractivity (Wildman–Crippen MR) is 62.6 cm³/mol. The summed E-state index contributed by atoms with van der Waals surface area (Å²) >= 11 is 0. The summed E-state index contributed by atoms with van der Waals surface area (Å²) in [5.41, 5.74) is 1.11. The predicted octanol–water partition coefficient (Wildman–Crippen LogP) is 1.25. The highest BCUT2D eigenvalue weighted by atomic mass is 16.5. The molecule has 5 nitrogen and oxygen atoms in total. The molecule has 0 atom stereocenters. The van der Waals surface area contributed by atoms with Crippen LogP contribution >= 0.6 is 0 Å². The molecule has 16 heavy (non-hydrogen) atoms. The van der Waals surface area contributed by atoms with E-state index in [1.54, 1.807) is 13.3 Å². The summed E-state index contributed by atoms with van der Waals surface area (Å²) in [6.45, 7) is 4.87. The van der Waals surface area contributed by atoms with Gasteiger partial charge in [0, 0.05) is 20.3 Å². The maximum absolute atomic E-state index is 5.33. The van der Waals surface area contributed by atoms with Crippen LogP contribution in [0.4, 0.5) is 5.82 Å². The van der Waals surface area contributed by atoms with Crippen molar-refractivity contribution in [3.63, 3.8) is 0 Å². The minimum Gasteiger partial charge on any atom is -0.382 e. The highest BCUT2D eigenvalue weighted by molar-refractivity contribution is 5.34. The molecule has 0 aromatic carbocycles. The van der Waals surface area contributed by atoms with Crippen LogP contribution in [0.5, 0.6) is 0 Å². The quantitative estimate of drug-likeness (QED) is 0.675. The molecule has 5 heteroatoms. The number of anilines is 1. The van der Waals surface area contributed by atoms with E-state index in [9.17, 15) is 0 Å². The van der Waals surface area contributed by atoms with Gasteiger partial charge in [-0.1, -0.05) is 0 Å². The molecule has 0 bridgehead atoms. The molecule has 0 aliphatic rings. The largest absolute Gasteiger partial charge is 0.382 e. The van der Waals surface area contributed by atoms with Crippen LogP contribution in [-0.2, 0) is 9.47 Å². The van der Waals surface area contributed by atoms with E-state index < -0.39 is 0 Å². The number of nitrogens with zero attached hydrogens (tertiary/aromatic N) is 2. The second-order valence-electron chi connectivity index (χ2n) is 3.50. The van der Waals surface area contributed by atoms with Crippen molar-refractivity contribution in [3.8, 4) is 0 Å². The van der Waals surface area contributed by atoms with Gasteiger partial charge < -0.3 is 14.8 Å². The lowest BCUT2D eigenvalue weighted by Gasteiger charge is -2.06. The Bertz CT molecular complexity index is 294. The topological polar surface area (TPSA) is 56.3 Å². The molecule has 90 valence electrons. The molecule has 1 N–H and O–H groups in total. The van der Waals surface area contributed by atoms with Crippen LogP contribution in [0.2, 0.25) is 0 Å². The third-order valence-corrected chi connectivity index (χ3v) is 1.99. The highest BCUT2D eigenvalue weighted by Crippen LogP contribution is 2.02. The smallest absolute Gasteiger partial charge is 0.148 e. The third kappa shape index (κ3) is 5.63. The Balaban J connectivity index is 2.03. The lowest BCUT2D eigenvalue weighted by Crippen LogP contribution is -2.09. The average molecular weight is 225 g/mol. The zero-order valence-electron chi connectivity index (χ0n) is 9.90. The molecule has 0 amide bonds. The SMILES string of the molecule is COCCOCCCNc1cc(C)cnn1. The van der Waals surface area contributed by atoms with E-state index in [1.807, 2.05) is 13.0 Å². The Hall–Kier alpha value is -1.20. The van der Waals surface area contributed by atoms with Gasteiger partial charge in [0.15, 0.2) is 0 Å². The second kappa shape index (κ2) is 8.01. The molecule has 1 heterocycles. The maximum Gasteiger partial charge on any atom is 0.148 e. The highest BCUT2D eigenvalue weighted by Gasteiger charge is 1.94. The maximum atomic E-state index is 5.33. The number of aromatic nitrogens is 2. The van der Waals surface area contributed by atoms with Gasteiger partial charge in [0.2, 0.25) is 0 Å². The molecule has 0 aliphatic carbocycles. The molecule has 0 aliphatic heterocycles. The number of rotatable bonds is 8.